The van der Waals surface area contributed by atoms with Crippen molar-refractivity contribution in [2.45, 2.75) is 45.1 Å². The van der Waals surface area contributed by atoms with Crippen LogP contribution in [0.25, 0.3) is 0 Å². The number of benzene rings is 1. The Hall–Kier alpha value is -0.820. The fourth-order valence-corrected chi connectivity index (χ4v) is 2.64. The van der Waals surface area contributed by atoms with E-state index in [1.165, 1.54) is 17.5 Å². The molecule has 1 aromatic rings. The maximum Gasteiger partial charge on any atom is 0.00472 e. The van der Waals surface area contributed by atoms with Gasteiger partial charge in [0.2, 0.25) is 0 Å². The van der Waals surface area contributed by atoms with Gasteiger partial charge in [0.25, 0.3) is 0 Å². The minimum atomic E-state index is 0.378. The molecular formula is C14H21N. The van der Waals surface area contributed by atoms with Crippen molar-refractivity contribution in [1.82, 2.24) is 0 Å². The minimum absolute atomic E-state index is 0.378. The predicted octanol–water partition coefficient (Wildman–Crippen LogP) is 3.09. The Morgan fingerprint density at radius 1 is 1.33 bits per heavy atom. The molecule has 2 rings (SSSR count). The monoisotopic (exact) mass is 203 g/mol. The van der Waals surface area contributed by atoms with E-state index in [-0.39, 0.29) is 0 Å². The van der Waals surface area contributed by atoms with Crippen LogP contribution in [-0.2, 0) is 6.42 Å². The number of hydrogen-bond donors (Lipinski definition) is 1. The summed E-state index contributed by atoms with van der Waals surface area (Å²) in [7, 11) is 0. The molecule has 82 valence electrons. The number of fused-ring (bicyclic) bond motifs is 1. The molecule has 0 spiro atoms. The highest BCUT2D eigenvalue weighted by molar-refractivity contribution is 5.39. The van der Waals surface area contributed by atoms with Crippen LogP contribution < -0.4 is 5.73 Å². The molecular weight excluding hydrogens is 182 g/mol. The third kappa shape index (κ3) is 2.40. The highest BCUT2D eigenvalue weighted by Gasteiger charge is 2.26. The van der Waals surface area contributed by atoms with Gasteiger partial charge in [0.1, 0.15) is 0 Å². The molecule has 0 amide bonds. The summed E-state index contributed by atoms with van der Waals surface area (Å²) in [6.07, 6.45) is 3.55. The van der Waals surface area contributed by atoms with Crippen molar-refractivity contribution in [3.63, 3.8) is 0 Å². The van der Waals surface area contributed by atoms with E-state index in [2.05, 4.69) is 38.1 Å². The van der Waals surface area contributed by atoms with Crippen molar-refractivity contribution in [1.29, 1.82) is 0 Å². The molecule has 0 saturated carbocycles. The van der Waals surface area contributed by atoms with Crippen LogP contribution in [0.2, 0.25) is 0 Å². The molecule has 0 saturated heterocycles. The van der Waals surface area contributed by atoms with Gasteiger partial charge >= 0.3 is 0 Å². The molecule has 2 N–H and O–H groups in total. The van der Waals surface area contributed by atoms with Gasteiger partial charge in [0, 0.05) is 6.04 Å². The molecule has 1 aliphatic rings. The molecule has 0 aliphatic heterocycles. The van der Waals surface area contributed by atoms with Gasteiger partial charge in [-0.25, -0.2) is 0 Å². The summed E-state index contributed by atoms with van der Waals surface area (Å²) in [5, 5.41) is 0. The molecule has 0 radical (unpaired) electrons. The summed E-state index contributed by atoms with van der Waals surface area (Å²) in [4.78, 5) is 0. The fourth-order valence-electron chi connectivity index (χ4n) is 2.64. The fraction of sp³-hybridized carbons (Fsp3) is 0.571. The SMILES string of the molecule is CC(C)CC(N)CC1Cc2ccccc21. The van der Waals surface area contributed by atoms with Crippen molar-refractivity contribution >= 4 is 0 Å². The lowest BCUT2D eigenvalue weighted by Crippen LogP contribution is -2.29. The topological polar surface area (TPSA) is 26.0 Å². The highest BCUT2D eigenvalue weighted by atomic mass is 14.6. The van der Waals surface area contributed by atoms with Gasteiger partial charge in [-0.2, -0.15) is 0 Å². The second-order valence-corrected chi connectivity index (χ2v) is 5.23. The number of nitrogens with two attached hydrogens (primary N) is 1. The summed E-state index contributed by atoms with van der Waals surface area (Å²) >= 11 is 0. The van der Waals surface area contributed by atoms with Gasteiger partial charge in [-0.1, -0.05) is 38.1 Å². The van der Waals surface area contributed by atoms with Crippen molar-refractivity contribution in [3.8, 4) is 0 Å². The Labute approximate surface area is 92.7 Å². The standard InChI is InChI=1S/C14H21N/c1-10(2)7-13(15)9-12-8-11-5-3-4-6-14(11)12/h3-6,10,12-13H,7-9,15H2,1-2H3. The minimum Gasteiger partial charge on any atom is -0.328 e. The molecule has 2 unspecified atom stereocenters. The largest absolute Gasteiger partial charge is 0.328 e. The van der Waals surface area contributed by atoms with Crippen molar-refractivity contribution in [3.05, 3.63) is 35.4 Å². The summed E-state index contributed by atoms with van der Waals surface area (Å²) in [5.74, 6) is 1.45. The van der Waals surface area contributed by atoms with Gasteiger partial charge < -0.3 is 5.73 Å². The molecule has 0 fully saturated rings. The first-order chi connectivity index (χ1) is 7.16. The average molecular weight is 203 g/mol. The van der Waals surface area contributed by atoms with Gasteiger partial charge in [-0.3, -0.25) is 0 Å². The smallest absolute Gasteiger partial charge is 0.00472 e. The van der Waals surface area contributed by atoms with Crippen molar-refractivity contribution < 1.29 is 0 Å². The first kappa shape index (κ1) is 10.7. The van der Waals surface area contributed by atoms with E-state index in [1.807, 2.05) is 0 Å². The maximum absolute atomic E-state index is 6.14. The molecule has 1 heteroatoms. The lowest BCUT2D eigenvalue weighted by molar-refractivity contribution is 0.421. The third-order valence-corrected chi connectivity index (χ3v) is 3.32. The second kappa shape index (κ2) is 4.36. The highest BCUT2D eigenvalue weighted by Crippen LogP contribution is 2.38. The van der Waals surface area contributed by atoms with Crippen LogP contribution >= 0.6 is 0 Å². The third-order valence-electron chi connectivity index (χ3n) is 3.32. The Morgan fingerprint density at radius 3 is 2.73 bits per heavy atom. The number of rotatable bonds is 4. The zero-order valence-corrected chi connectivity index (χ0v) is 9.74. The van der Waals surface area contributed by atoms with Crippen LogP contribution in [-0.4, -0.2) is 6.04 Å². The van der Waals surface area contributed by atoms with E-state index in [4.69, 9.17) is 5.73 Å². The van der Waals surface area contributed by atoms with Crippen LogP contribution in [0.5, 0.6) is 0 Å². The summed E-state index contributed by atoms with van der Waals surface area (Å²) < 4.78 is 0. The molecule has 1 aromatic carbocycles. The van der Waals surface area contributed by atoms with Crippen LogP contribution in [0.1, 0.15) is 43.7 Å². The second-order valence-electron chi connectivity index (χ2n) is 5.23. The Bertz CT molecular complexity index is 330. The quantitative estimate of drug-likeness (QED) is 0.799. The Kier molecular flexibility index (Phi) is 3.11. The van der Waals surface area contributed by atoms with E-state index < -0.39 is 0 Å². The molecule has 1 nitrogen and oxygen atoms in total. The lowest BCUT2D eigenvalue weighted by atomic mass is 9.74. The average Bonchev–Trinajstić information content (AvgIpc) is 2.13. The van der Waals surface area contributed by atoms with Crippen LogP contribution in [0.15, 0.2) is 24.3 Å². The molecule has 0 heterocycles. The maximum atomic E-state index is 6.14. The normalized spacial score (nSPS) is 20.9. The van der Waals surface area contributed by atoms with Crippen molar-refractivity contribution in [2.75, 3.05) is 0 Å². The van der Waals surface area contributed by atoms with Gasteiger partial charge in [0.15, 0.2) is 0 Å². The van der Waals surface area contributed by atoms with Gasteiger partial charge in [0.05, 0.1) is 0 Å². The molecule has 1 aliphatic carbocycles. The van der Waals surface area contributed by atoms with E-state index in [0.29, 0.717) is 6.04 Å². The molecule has 0 aromatic heterocycles. The number of hydrogen-bond acceptors (Lipinski definition) is 1. The Morgan fingerprint density at radius 2 is 2.07 bits per heavy atom. The summed E-state index contributed by atoms with van der Waals surface area (Å²) in [6.45, 7) is 4.49. The van der Waals surface area contributed by atoms with Crippen LogP contribution in [0.3, 0.4) is 0 Å². The predicted molar refractivity (Wildman–Crippen MR) is 64.9 cm³/mol. The van der Waals surface area contributed by atoms with Crippen LogP contribution in [0, 0.1) is 5.92 Å². The Balaban J connectivity index is 1.89. The van der Waals surface area contributed by atoms with E-state index in [9.17, 15) is 0 Å². The molecule has 2 atom stereocenters. The van der Waals surface area contributed by atoms with E-state index in [1.54, 1.807) is 0 Å². The van der Waals surface area contributed by atoms with Crippen molar-refractivity contribution in [2.24, 2.45) is 11.7 Å². The summed E-state index contributed by atoms with van der Waals surface area (Å²) in [6, 6.07) is 9.14. The van der Waals surface area contributed by atoms with Gasteiger partial charge in [-0.05, 0) is 42.2 Å². The summed E-state index contributed by atoms with van der Waals surface area (Å²) in [5.41, 5.74) is 9.21. The van der Waals surface area contributed by atoms with Gasteiger partial charge in [-0.15, -0.1) is 0 Å². The zero-order chi connectivity index (χ0) is 10.8. The lowest BCUT2D eigenvalue weighted by Gasteiger charge is -2.32. The van der Waals surface area contributed by atoms with Crippen LogP contribution in [0.4, 0.5) is 0 Å². The first-order valence-electron chi connectivity index (χ1n) is 6.00. The zero-order valence-electron chi connectivity index (χ0n) is 9.74. The van der Waals surface area contributed by atoms with E-state index >= 15 is 0 Å². The molecule has 15 heavy (non-hydrogen) atoms. The van der Waals surface area contributed by atoms with E-state index in [0.717, 1.165) is 24.7 Å². The molecule has 0 bridgehead atoms. The first-order valence-corrected chi connectivity index (χ1v) is 6.00.